The Kier molecular flexibility index (Phi) is 7.78. The Bertz CT molecular complexity index is 1470. The van der Waals surface area contributed by atoms with Crippen LogP contribution in [0.3, 0.4) is 0 Å². The zero-order valence-corrected chi connectivity index (χ0v) is 23.8. The van der Waals surface area contributed by atoms with Crippen LogP contribution in [0.2, 0.25) is 0 Å². The summed E-state index contributed by atoms with van der Waals surface area (Å²) in [5.41, 5.74) is 0.776. The number of pyridine rings is 3. The molecule has 10 nitrogen and oxygen atoms in total. The third-order valence-electron chi connectivity index (χ3n) is 7.11. The van der Waals surface area contributed by atoms with Crippen LogP contribution in [0.5, 0.6) is 11.5 Å². The molecule has 1 N–H and O–H groups in total. The molecule has 4 aromatic heterocycles. The number of piperidine rings is 1. The fourth-order valence-electron chi connectivity index (χ4n) is 5.31. The molecule has 2 bridgehead atoms. The molecule has 0 radical (unpaired) electrons. The first kappa shape index (κ1) is 26.5. The number of ether oxygens (including phenoxy) is 2. The van der Waals surface area contributed by atoms with E-state index in [4.69, 9.17) is 14.5 Å². The van der Waals surface area contributed by atoms with E-state index in [2.05, 4.69) is 24.6 Å². The van der Waals surface area contributed by atoms with E-state index in [9.17, 15) is 4.79 Å². The Hall–Kier alpha value is -3.77. The van der Waals surface area contributed by atoms with Gasteiger partial charge in [-0.15, -0.1) is 0 Å². The van der Waals surface area contributed by atoms with Gasteiger partial charge in [0, 0.05) is 59.1 Å². The van der Waals surface area contributed by atoms with Crippen LogP contribution >= 0.6 is 23.3 Å². The average molecular weight is 576 g/mol. The number of hydrogen-bond acceptors (Lipinski definition) is 11. The number of aromatic nitrogens is 5. The molecular weight excluding hydrogens is 546 g/mol. The Labute approximate surface area is 240 Å². The van der Waals surface area contributed by atoms with Crippen molar-refractivity contribution in [2.75, 3.05) is 11.9 Å². The molecule has 12 heteroatoms. The van der Waals surface area contributed by atoms with Gasteiger partial charge in [-0.1, -0.05) is 17.8 Å². The van der Waals surface area contributed by atoms with Crippen LogP contribution in [0.25, 0.3) is 0 Å². The second-order valence-corrected chi connectivity index (χ2v) is 11.6. The Morgan fingerprint density at radius 1 is 1.10 bits per heavy atom. The Morgan fingerprint density at radius 2 is 1.93 bits per heavy atom. The van der Waals surface area contributed by atoms with Crippen molar-refractivity contribution in [3.63, 3.8) is 0 Å². The van der Waals surface area contributed by atoms with E-state index in [1.165, 1.54) is 23.3 Å². The minimum absolute atomic E-state index is 0.177. The fraction of sp³-hybridized carbons (Fsp3) is 0.357. The molecule has 2 aliphatic heterocycles. The van der Waals surface area contributed by atoms with Gasteiger partial charge >= 0.3 is 6.09 Å². The largest absolute Gasteiger partial charge is 0.452 e. The summed E-state index contributed by atoms with van der Waals surface area (Å²) in [6.07, 6.45) is 8.77. The van der Waals surface area contributed by atoms with Gasteiger partial charge in [-0.2, -0.15) is 4.37 Å². The number of rotatable bonds is 8. The molecule has 1 amide bonds. The number of fused-ring (bicyclic) bond motifs is 2. The van der Waals surface area contributed by atoms with Gasteiger partial charge in [0.2, 0.25) is 5.13 Å². The van der Waals surface area contributed by atoms with Gasteiger partial charge in [-0.05, 0) is 63.8 Å². The van der Waals surface area contributed by atoms with Gasteiger partial charge in [0.15, 0.2) is 11.6 Å². The summed E-state index contributed by atoms with van der Waals surface area (Å²) in [6, 6.07) is 11.8. The molecule has 6 rings (SSSR count). The van der Waals surface area contributed by atoms with E-state index < -0.39 is 0 Å². The molecule has 0 spiro atoms. The highest BCUT2D eigenvalue weighted by Crippen LogP contribution is 2.43. The molecule has 0 aromatic carbocycles. The highest BCUT2D eigenvalue weighted by Gasteiger charge is 2.45. The summed E-state index contributed by atoms with van der Waals surface area (Å²) in [5, 5.41) is 4.83. The maximum Gasteiger partial charge on any atom is 0.410 e. The molecule has 40 heavy (non-hydrogen) atoms. The third-order valence-corrected chi connectivity index (χ3v) is 8.66. The molecule has 2 atom stereocenters. The summed E-state index contributed by atoms with van der Waals surface area (Å²) >= 11 is 2.81. The van der Waals surface area contributed by atoms with Gasteiger partial charge in [0.25, 0.3) is 0 Å². The lowest BCUT2D eigenvalue weighted by Crippen LogP contribution is -2.46. The van der Waals surface area contributed by atoms with Gasteiger partial charge in [0.05, 0.1) is 12.3 Å². The van der Waals surface area contributed by atoms with Gasteiger partial charge < -0.3 is 19.7 Å². The minimum Gasteiger partial charge on any atom is -0.452 e. The van der Waals surface area contributed by atoms with E-state index in [-0.39, 0.29) is 24.1 Å². The van der Waals surface area contributed by atoms with Crippen molar-refractivity contribution in [1.82, 2.24) is 29.2 Å². The predicted molar refractivity (Wildman–Crippen MR) is 152 cm³/mol. The quantitative estimate of drug-likeness (QED) is 0.247. The van der Waals surface area contributed by atoms with Crippen molar-refractivity contribution in [3.8, 4) is 11.5 Å². The van der Waals surface area contributed by atoms with Crippen LogP contribution < -0.4 is 10.1 Å². The zero-order chi connectivity index (χ0) is 27.5. The number of amides is 1. The number of nitrogens with one attached hydrogen (secondary N) is 1. The van der Waals surface area contributed by atoms with E-state index >= 15 is 0 Å². The predicted octanol–water partition coefficient (Wildman–Crippen LogP) is 6.59. The minimum atomic E-state index is -0.200. The smallest absolute Gasteiger partial charge is 0.410 e. The lowest BCUT2D eigenvalue weighted by molar-refractivity contribution is 0.0684. The summed E-state index contributed by atoms with van der Waals surface area (Å²) in [5.74, 6) is 2.74. The Morgan fingerprint density at radius 3 is 2.67 bits per heavy atom. The van der Waals surface area contributed by atoms with Crippen LogP contribution in [0.15, 0.2) is 64.9 Å². The maximum atomic E-state index is 12.5. The van der Waals surface area contributed by atoms with Crippen molar-refractivity contribution in [2.24, 2.45) is 0 Å². The van der Waals surface area contributed by atoms with E-state index in [1.54, 1.807) is 18.6 Å². The summed E-state index contributed by atoms with van der Waals surface area (Å²) in [4.78, 5) is 33.5. The first-order valence-corrected chi connectivity index (χ1v) is 14.9. The molecule has 2 fully saturated rings. The number of hydrogen-bond donors (Lipinski definition) is 1. The third kappa shape index (κ3) is 5.73. The maximum absolute atomic E-state index is 12.5. The topological polar surface area (TPSA) is 115 Å². The second-order valence-electron chi connectivity index (χ2n) is 9.72. The van der Waals surface area contributed by atoms with Crippen LogP contribution in [-0.4, -0.2) is 54.0 Å². The van der Waals surface area contributed by atoms with Crippen molar-refractivity contribution < 1.29 is 14.3 Å². The van der Waals surface area contributed by atoms with Crippen molar-refractivity contribution in [3.05, 3.63) is 66.5 Å². The lowest BCUT2D eigenvalue weighted by atomic mass is 9.90. The van der Waals surface area contributed by atoms with Gasteiger partial charge in [-0.3, -0.25) is 4.98 Å². The van der Waals surface area contributed by atoms with E-state index in [1.807, 2.05) is 55.1 Å². The number of nitrogens with zero attached hydrogens (tertiary/aromatic N) is 6. The first-order valence-electron chi connectivity index (χ1n) is 13.3. The second kappa shape index (κ2) is 11.8. The fourth-order valence-corrected chi connectivity index (χ4v) is 6.73. The molecule has 6 heterocycles. The van der Waals surface area contributed by atoms with Gasteiger partial charge in [-0.25, -0.2) is 19.7 Å². The monoisotopic (exact) mass is 575 g/mol. The SMILES string of the molecule is CCOC(=O)N1C2CCC1CC(c1nsc(Nc3ncc(Sc4ccccn4)cc3Oc3cccnc3C)n1)C2. The molecule has 2 saturated heterocycles. The zero-order valence-electron chi connectivity index (χ0n) is 22.2. The van der Waals surface area contributed by atoms with Gasteiger partial charge in [0.1, 0.15) is 16.6 Å². The van der Waals surface area contributed by atoms with Crippen LogP contribution in [0.1, 0.15) is 50.0 Å². The molecule has 2 aliphatic rings. The van der Waals surface area contributed by atoms with Crippen molar-refractivity contribution in [1.29, 1.82) is 0 Å². The Balaban J connectivity index is 1.21. The highest BCUT2D eigenvalue weighted by atomic mass is 32.2. The number of anilines is 2. The normalized spacial score (nSPS) is 19.9. The molecule has 0 aliphatic carbocycles. The lowest BCUT2D eigenvalue weighted by Gasteiger charge is -2.37. The van der Waals surface area contributed by atoms with Crippen LogP contribution in [-0.2, 0) is 4.74 Å². The van der Waals surface area contributed by atoms with Crippen molar-refractivity contribution in [2.45, 2.75) is 67.5 Å². The molecular formula is C28H29N7O3S2. The number of aryl methyl sites for hydroxylation is 1. The summed E-state index contributed by atoms with van der Waals surface area (Å²) < 4.78 is 16.3. The molecule has 206 valence electrons. The number of carbonyl (C=O) groups is 1. The van der Waals surface area contributed by atoms with Crippen LogP contribution in [0, 0.1) is 6.92 Å². The van der Waals surface area contributed by atoms with E-state index in [0.717, 1.165) is 47.1 Å². The van der Waals surface area contributed by atoms with Crippen LogP contribution in [0.4, 0.5) is 15.7 Å². The van der Waals surface area contributed by atoms with E-state index in [0.29, 0.717) is 29.1 Å². The first-order chi connectivity index (χ1) is 19.6. The molecule has 0 saturated carbocycles. The summed E-state index contributed by atoms with van der Waals surface area (Å²) in [7, 11) is 0. The average Bonchev–Trinajstić information content (AvgIpc) is 3.53. The highest BCUT2D eigenvalue weighted by molar-refractivity contribution is 7.99. The number of carbonyl (C=O) groups excluding carboxylic acids is 1. The molecule has 4 aromatic rings. The van der Waals surface area contributed by atoms with Crippen molar-refractivity contribution >= 4 is 40.3 Å². The molecule has 2 unspecified atom stereocenters. The standard InChI is InChI=1S/C28H29N7O3S2/c1-3-37-28(36)35-19-9-10-20(35)14-18(13-19)25-32-27(40-34-25)33-26-23(38-22-7-6-12-29-17(22)2)15-21(16-31-26)39-24-8-4-5-11-30-24/h4-8,11-12,15-16,18-20H,3,9-10,13-14H2,1-2H3,(H,31,32,33,34). The summed E-state index contributed by atoms with van der Waals surface area (Å²) in [6.45, 7) is 4.14.